The highest BCUT2D eigenvalue weighted by molar-refractivity contribution is 7.99. The molecule has 0 amide bonds. The summed E-state index contributed by atoms with van der Waals surface area (Å²) in [5, 5.41) is 10.1. The molecule has 0 aliphatic carbocycles. The lowest BCUT2D eigenvalue weighted by Crippen LogP contribution is -2.21. The first-order valence-corrected chi connectivity index (χ1v) is 9.01. The summed E-state index contributed by atoms with van der Waals surface area (Å²) >= 11 is 2.99. The molecule has 0 fully saturated rings. The minimum Gasteiger partial charge on any atom is -0.268 e. The van der Waals surface area contributed by atoms with E-state index < -0.39 is 0 Å². The van der Waals surface area contributed by atoms with Crippen molar-refractivity contribution in [2.24, 2.45) is 0 Å². The van der Waals surface area contributed by atoms with Gasteiger partial charge < -0.3 is 0 Å². The van der Waals surface area contributed by atoms with Gasteiger partial charge in [-0.05, 0) is 31.5 Å². The quantitative estimate of drug-likeness (QED) is 0.408. The van der Waals surface area contributed by atoms with E-state index in [-0.39, 0.29) is 5.56 Å². The molecule has 0 atom stereocenters. The van der Waals surface area contributed by atoms with Gasteiger partial charge in [0.05, 0.1) is 17.1 Å². The third-order valence-corrected chi connectivity index (χ3v) is 5.67. The molecule has 1 aromatic carbocycles. The van der Waals surface area contributed by atoms with Crippen molar-refractivity contribution in [2.75, 3.05) is 5.75 Å². The van der Waals surface area contributed by atoms with Gasteiger partial charge in [0.2, 0.25) is 0 Å². The lowest BCUT2D eigenvalue weighted by atomic mass is 10.2. The van der Waals surface area contributed by atoms with Gasteiger partial charge in [-0.2, -0.15) is 5.26 Å². The Labute approximate surface area is 142 Å². The van der Waals surface area contributed by atoms with E-state index in [4.69, 9.17) is 10.2 Å². The van der Waals surface area contributed by atoms with E-state index in [9.17, 15) is 4.79 Å². The maximum atomic E-state index is 13.1. The highest BCUT2D eigenvalue weighted by Gasteiger charge is 2.17. The number of thioether (sulfide) groups is 1. The summed E-state index contributed by atoms with van der Waals surface area (Å²) in [6.07, 6.45) is 0.426. The molecule has 4 nitrogen and oxygen atoms in total. The van der Waals surface area contributed by atoms with Crippen molar-refractivity contribution in [3.63, 3.8) is 0 Å². The minimum atomic E-state index is -0.0393. The van der Waals surface area contributed by atoms with E-state index in [0.29, 0.717) is 22.7 Å². The van der Waals surface area contributed by atoms with Crippen LogP contribution in [0, 0.1) is 25.2 Å². The second-order valence-corrected chi connectivity index (χ2v) is 7.36. The summed E-state index contributed by atoms with van der Waals surface area (Å²) in [5.74, 6) is 0.616. The van der Waals surface area contributed by atoms with Gasteiger partial charge in [-0.25, -0.2) is 4.98 Å². The highest BCUT2D eigenvalue weighted by Crippen LogP contribution is 2.29. The lowest BCUT2D eigenvalue weighted by Gasteiger charge is -2.11. The Balaban J connectivity index is 2.27. The van der Waals surface area contributed by atoms with Crippen LogP contribution in [0.25, 0.3) is 15.9 Å². The first kappa shape index (κ1) is 15.8. The maximum absolute atomic E-state index is 13.1. The third-order valence-electron chi connectivity index (χ3n) is 3.63. The fourth-order valence-electron chi connectivity index (χ4n) is 2.36. The molecule has 0 saturated heterocycles. The van der Waals surface area contributed by atoms with E-state index in [0.717, 1.165) is 21.0 Å². The van der Waals surface area contributed by atoms with Crippen molar-refractivity contribution in [3.8, 4) is 11.8 Å². The topological polar surface area (TPSA) is 58.7 Å². The summed E-state index contributed by atoms with van der Waals surface area (Å²) in [6.45, 7) is 3.98. The molecule has 0 radical (unpaired) electrons. The van der Waals surface area contributed by atoms with E-state index in [1.54, 1.807) is 15.9 Å². The number of fused-ring (bicyclic) bond motifs is 1. The van der Waals surface area contributed by atoms with Crippen LogP contribution in [-0.2, 0) is 0 Å². The summed E-state index contributed by atoms with van der Waals surface area (Å²) in [6, 6.07) is 11.7. The largest absolute Gasteiger partial charge is 0.268 e. The molecule has 0 spiro atoms. The number of aryl methyl sites for hydroxylation is 2. The molecular formula is C17H15N3OS2. The summed E-state index contributed by atoms with van der Waals surface area (Å²) in [4.78, 5) is 19.7. The number of nitriles is 1. The Morgan fingerprint density at radius 1 is 1.30 bits per heavy atom. The maximum Gasteiger partial charge on any atom is 0.267 e. The number of benzene rings is 1. The van der Waals surface area contributed by atoms with Crippen LogP contribution in [0.5, 0.6) is 0 Å². The van der Waals surface area contributed by atoms with Crippen LogP contribution in [0.3, 0.4) is 0 Å². The fraction of sp³-hybridized carbons (Fsp3) is 0.235. The molecule has 116 valence electrons. The Bertz CT molecular complexity index is 952. The van der Waals surface area contributed by atoms with Gasteiger partial charge >= 0.3 is 0 Å². The lowest BCUT2D eigenvalue weighted by molar-refractivity contribution is 0.822. The molecule has 23 heavy (non-hydrogen) atoms. The first-order valence-electron chi connectivity index (χ1n) is 7.21. The first-order chi connectivity index (χ1) is 11.1. The Kier molecular flexibility index (Phi) is 4.51. The van der Waals surface area contributed by atoms with Crippen LogP contribution in [0.1, 0.15) is 16.9 Å². The smallest absolute Gasteiger partial charge is 0.267 e. The number of nitrogens with zero attached hydrogens (tertiary/aromatic N) is 3. The van der Waals surface area contributed by atoms with Gasteiger partial charge in [0, 0.05) is 17.1 Å². The van der Waals surface area contributed by atoms with Crippen LogP contribution in [-0.4, -0.2) is 15.3 Å². The van der Waals surface area contributed by atoms with E-state index in [2.05, 4.69) is 6.07 Å². The molecular weight excluding hydrogens is 326 g/mol. The Morgan fingerprint density at radius 2 is 2.04 bits per heavy atom. The van der Waals surface area contributed by atoms with Crippen molar-refractivity contribution < 1.29 is 0 Å². The van der Waals surface area contributed by atoms with E-state index >= 15 is 0 Å². The fourth-order valence-corrected chi connectivity index (χ4v) is 4.29. The summed E-state index contributed by atoms with van der Waals surface area (Å²) in [7, 11) is 0. The van der Waals surface area contributed by atoms with Gasteiger partial charge in [0.25, 0.3) is 5.56 Å². The van der Waals surface area contributed by atoms with Crippen molar-refractivity contribution in [2.45, 2.75) is 25.4 Å². The number of hydrogen-bond donors (Lipinski definition) is 0. The number of aromatic nitrogens is 2. The van der Waals surface area contributed by atoms with E-state index in [1.165, 1.54) is 11.8 Å². The van der Waals surface area contributed by atoms with Crippen LogP contribution < -0.4 is 5.56 Å². The molecule has 6 heteroatoms. The van der Waals surface area contributed by atoms with Crippen molar-refractivity contribution in [3.05, 3.63) is 51.1 Å². The summed E-state index contributed by atoms with van der Waals surface area (Å²) < 4.78 is 1.66. The molecule has 0 aliphatic rings. The number of rotatable bonds is 4. The third kappa shape index (κ3) is 2.90. The van der Waals surface area contributed by atoms with E-state index in [1.807, 2.05) is 44.2 Å². The van der Waals surface area contributed by atoms with Crippen LogP contribution in [0.15, 0.2) is 40.3 Å². The van der Waals surface area contributed by atoms with Crippen molar-refractivity contribution in [1.82, 2.24) is 9.55 Å². The average molecular weight is 341 g/mol. The van der Waals surface area contributed by atoms with Gasteiger partial charge in [0.15, 0.2) is 5.16 Å². The molecule has 0 saturated carbocycles. The normalized spacial score (nSPS) is 10.8. The standard InChI is InChI=1S/C17H15N3OS2/c1-11-12(2)23-15-14(11)16(21)20(13-7-4-3-5-8-13)17(19-15)22-10-6-9-18/h3-5,7-8H,6,10H2,1-2H3. The van der Waals surface area contributed by atoms with Crippen LogP contribution in [0.4, 0.5) is 0 Å². The predicted molar refractivity (Wildman–Crippen MR) is 95.6 cm³/mol. The highest BCUT2D eigenvalue weighted by atomic mass is 32.2. The van der Waals surface area contributed by atoms with Gasteiger partial charge in [0.1, 0.15) is 4.83 Å². The molecule has 0 unspecified atom stereocenters. The number of thiophene rings is 1. The van der Waals surface area contributed by atoms with Crippen LogP contribution in [0.2, 0.25) is 0 Å². The minimum absolute atomic E-state index is 0.0393. The molecule has 3 aromatic rings. The monoisotopic (exact) mass is 341 g/mol. The average Bonchev–Trinajstić information content (AvgIpc) is 2.83. The number of hydrogen-bond acceptors (Lipinski definition) is 5. The predicted octanol–water partition coefficient (Wildman–Crippen LogP) is 4.07. The van der Waals surface area contributed by atoms with Crippen molar-refractivity contribution >= 4 is 33.3 Å². The zero-order chi connectivity index (χ0) is 16.4. The Morgan fingerprint density at radius 3 is 2.74 bits per heavy atom. The molecule has 3 rings (SSSR count). The summed E-state index contributed by atoms with van der Waals surface area (Å²) in [5.41, 5.74) is 1.76. The molecule has 0 N–H and O–H groups in total. The SMILES string of the molecule is Cc1sc2nc(SCCC#N)n(-c3ccccc3)c(=O)c2c1C. The molecule has 2 heterocycles. The van der Waals surface area contributed by atoms with Gasteiger partial charge in [-0.15, -0.1) is 11.3 Å². The number of para-hydroxylation sites is 1. The molecule has 2 aromatic heterocycles. The molecule has 0 aliphatic heterocycles. The second-order valence-electron chi connectivity index (χ2n) is 5.09. The second kappa shape index (κ2) is 6.57. The van der Waals surface area contributed by atoms with Crippen molar-refractivity contribution in [1.29, 1.82) is 5.26 Å². The zero-order valence-corrected chi connectivity index (χ0v) is 14.5. The Hall–Kier alpha value is -2.10. The molecule has 0 bridgehead atoms. The van der Waals surface area contributed by atoms with Crippen LogP contribution >= 0.6 is 23.1 Å². The van der Waals surface area contributed by atoms with Gasteiger partial charge in [-0.1, -0.05) is 30.0 Å². The van der Waals surface area contributed by atoms with Gasteiger partial charge in [-0.3, -0.25) is 9.36 Å². The zero-order valence-electron chi connectivity index (χ0n) is 12.9.